The molecule has 102 valence electrons. The summed E-state index contributed by atoms with van der Waals surface area (Å²) in [5, 5.41) is 2.89. The molecule has 0 spiro atoms. The van der Waals surface area contributed by atoms with Crippen LogP contribution < -0.4 is 5.32 Å². The number of carbonyl (C=O) groups excluding carboxylic acids is 2. The van der Waals surface area contributed by atoms with E-state index in [2.05, 4.69) is 26.1 Å². The average molecular weight is 325 g/mol. The Balaban J connectivity index is 1.91. The number of likely N-dealkylation sites (tertiary alicyclic amines) is 1. The van der Waals surface area contributed by atoms with Crippen molar-refractivity contribution in [2.24, 2.45) is 0 Å². The van der Waals surface area contributed by atoms with E-state index in [9.17, 15) is 9.59 Å². The van der Waals surface area contributed by atoms with Gasteiger partial charge in [0.05, 0.1) is 6.54 Å². The second-order valence-corrected chi connectivity index (χ2v) is 5.68. The van der Waals surface area contributed by atoms with E-state index in [0.717, 1.165) is 24.0 Å². The first-order valence-corrected chi connectivity index (χ1v) is 7.12. The Hall–Kier alpha value is -1.20. The molecule has 0 radical (unpaired) electrons. The van der Waals surface area contributed by atoms with Crippen LogP contribution in [0.15, 0.2) is 28.7 Å². The number of Topliss-reactive ketones (excluding diaryl/α,β-unsaturated/α-hetero) is 1. The molecule has 1 fully saturated rings. The van der Waals surface area contributed by atoms with E-state index < -0.39 is 0 Å². The van der Waals surface area contributed by atoms with Crippen LogP contribution in [0.25, 0.3) is 0 Å². The van der Waals surface area contributed by atoms with Crippen molar-refractivity contribution in [1.29, 1.82) is 0 Å². The van der Waals surface area contributed by atoms with E-state index in [1.165, 1.54) is 6.92 Å². The summed E-state index contributed by atoms with van der Waals surface area (Å²) in [4.78, 5) is 25.3. The molecule has 0 bridgehead atoms. The molecule has 1 saturated heterocycles. The summed E-state index contributed by atoms with van der Waals surface area (Å²) in [7, 11) is 0. The third kappa shape index (κ3) is 3.88. The van der Waals surface area contributed by atoms with Gasteiger partial charge in [0.15, 0.2) is 5.78 Å². The van der Waals surface area contributed by atoms with Crippen molar-refractivity contribution in [1.82, 2.24) is 10.2 Å². The largest absolute Gasteiger partial charge is 0.352 e. The Labute approximate surface area is 121 Å². The molecule has 4 nitrogen and oxygen atoms in total. The number of nitrogens with zero attached hydrogens (tertiary/aromatic N) is 1. The lowest BCUT2D eigenvalue weighted by atomic mass is 10.1. The van der Waals surface area contributed by atoms with Crippen LogP contribution in [0.3, 0.4) is 0 Å². The van der Waals surface area contributed by atoms with E-state index in [4.69, 9.17) is 0 Å². The van der Waals surface area contributed by atoms with Crippen molar-refractivity contribution in [3.8, 4) is 0 Å². The fourth-order valence-electron chi connectivity index (χ4n) is 2.36. The zero-order valence-corrected chi connectivity index (χ0v) is 12.4. The number of hydrogen-bond acceptors (Lipinski definition) is 3. The first-order chi connectivity index (χ1) is 9.06. The van der Waals surface area contributed by atoms with Crippen molar-refractivity contribution < 1.29 is 9.59 Å². The SMILES string of the molecule is CC(=O)NC1CCN(CC(=O)c2ccccc2Br)C1. The Bertz CT molecular complexity index is 490. The standard InChI is InChI=1S/C14H17BrN2O2/c1-10(18)16-11-6-7-17(8-11)9-14(19)12-4-2-3-5-13(12)15/h2-5,11H,6-9H2,1H3,(H,16,18). The van der Waals surface area contributed by atoms with Gasteiger partial charge in [0, 0.05) is 36.1 Å². The maximum absolute atomic E-state index is 12.2. The van der Waals surface area contributed by atoms with Gasteiger partial charge in [-0.1, -0.05) is 34.1 Å². The van der Waals surface area contributed by atoms with Gasteiger partial charge >= 0.3 is 0 Å². The molecule has 1 aromatic rings. The molecule has 1 unspecified atom stereocenters. The minimum Gasteiger partial charge on any atom is -0.352 e. The molecule has 0 aliphatic carbocycles. The van der Waals surface area contributed by atoms with E-state index in [1.807, 2.05) is 24.3 Å². The van der Waals surface area contributed by atoms with E-state index in [-0.39, 0.29) is 17.7 Å². The van der Waals surface area contributed by atoms with Crippen LogP contribution in [0, 0.1) is 0 Å². The maximum atomic E-state index is 12.2. The number of carbonyl (C=O) groups is 2. The van der Waals surface area contributed by atoms with Crippen LogP contribution in [0.5, 0.6) is 0 Å². The molecule has 0 saturated carbocycles. The van der Waals surface area contributed by atoms with Crippen LogP contribution in [-0.4, -0.2) is 42.3 Å². The topological polar surface area (TPSA) is 49.4 Å². The van der Waals surface area contributed by atoms with Gasteiger partial charge in [-0.15, -0.1) is 0 Å². The molecular formula is C14H17BrN2O2. The predicted molar refractivity (Wildman–Crippen MR) is 77.1 cm³/mol. The number of benzene rings is 1. The number of halogens is 1. The molecule has 1 aliphatic heterocycles. The zero-order chi connectivity index (χ0) is 13.8. The smallest absolute Gasteiger partial charge is 0.217 e. The van der Waals surface area contributed by atoms with Gasteiger partial charge in [0.1, 0.15) is 0 Å². The van der Waals surface area contributed by atoms with Crippen molar-refractivity contribution >= 4 is 27.6 Å². The lowest BCUT2D eigenvalue weighted by Crippen LogP contribution is -2.36. The highest BCUT2D eigenvalue weighted by Crippen LogP contribution is 2.18. The van der Waals surface area contributed by atoms with Crippen molar-refractivity contribution in [3.63, 3.8) is 0 Å². The first-order valence-electron chi connectivity index (χ1n) is 6.33. The second-order valence-electron chi connectivity index (χ2n) is 4.82. The average Bonchev–Trinajstić information content (AvgIpc) is 2.76. The summed E-state index contributed by atoms with van der Waals surface area (Å²) in [5.74, 6) is 0.0972. The summed E-state index contributed by atoms with van der Waals surface area (Å²) in [6.45, 7) is 3.52. The molecule has 5 heteroatoms. The maximum Gasteiger partial charge on any atom is 0.217 e. The van der Waals surface area contributed by atoms with Gasteiger partial charge in [0.25, 0.3) is 0 Å². The molecule has 1 amide bonds. The third-order valence-corrected chi connectivity index (χ3v) is 3.91. The molecule has 1 heterocycles. The molecule has 2 rings (SSSR count). The fraction of sp³-hybridized carbons (Fsp3) is 0.429. The fourth-order valence-corrected chi connectivity index (χ4v) is 2.86. The molecular weight excluding hydrogens is 308 g/mol. The van der Waals surface area contributed by atoms with Gasteiger partial charge in [0.2, 0.25) is 5.91 Å². The molecule has 0 aromatic heterocycles. The zero-order valence-electron chi connectivity index (χ0n) is 10.9. The van der Waals surface area contributed by atoms with E-state index >= 15 is 0 Å². The molecule has 1 aliphatic rings. The monoisotopic (exact) mass is 324 g/mol. The summed E-state index contributed by atoms with van der Waals surface area (Å²) < 4.78 is 0.831. The number of hydrogen-bond donors (Lipinski definition) is 1. The first kappa shape index (κ1) is 14.2. The van der Waals surface area contributed by atoms with Crippen LogP contribution >= 0.6 is 15.9 Å². The molecule has 19 heavy (non-hydrogen) atoms. The predicted octanol–water partition coefficient (Wildman–Crippen LogP) is 1.84. The minimum atomic E-state index is -0.0102. The van der Waals surface area contributed by atoms with Crippen molar-refractivity contribution in [2.45, 2.75) is 19.4 Å². The Kier molecular flexibility index (Phi) is 4.71. The van der Waals surface area contributed by atoms with E-state index in [0.29, 0.717) is 12.1 Å². The Morgan fingerprint density at radius 1 is 1.42 bits per heavy atom. The second kappa shape index (κ2) is 6.30. The quantitative estimate of drug-likeness (QED) is 0.860. The molecule has 1 atom stereocenters. The molecule has 1 N–H and O–H groups in total. The Morgan fingerprint density at radius 2 is 2.16 bits per heavy atom. The van der Waals surface area contributed by atoms with Crippen LogP contribution in [0.1, 0.15) is 23.7 Å². The van der Waals surface area contributed by atoms with Gasteiger partial charge in [-0.05, 0) is 12.5 Å². The number of ketones is 1. The minimum absolute atomic E-state index is 0.0102. The van der Waals surface area contributed by atoms with Gasteiger partial charge in [-0.3, -0.25) is 14.5 Å². The highest BCUT2D eigenvalue weighted by molar-refractivity contribution is 9.10. The number of nitrogens with one attached hydrogen (secondary N) is 1. The van der Waals surface area contributed by atoms with Gasteiger partial charge in [-0.25, -0.2) is 0 Å². The van der Waals surface area contributed by atoms with Crippen LogP contribution in [0.2, 0.25) is 0 Å². The highest BCUT2D eigenvalue weighted by atomic mass is 79.9. The van der Waals surface area contributed by atoms with Gasteiger partial charge in [-0.2, -0.15) is 0 Å². The van der Waals surface area contributed by atoms with E-state index in [1.54, 1.807) is 0 Å². The number of amides is 1. The summed E-state index contributed by atoms with van der Waals surface area (Å²) in [5.41, 5.74) is 0.713. The Morgan fingerprint density at radius 3 is 2.84 bits per heavy atom. The molecule has 1 aromatic carbocycles. The number of rotatable bonds is 4. The third-order valence-electron chi connectivity index (χ3n) is 3.22. The summed E-state index contributed by atoms with van der Waals surface area (Å²) in [6, 6.07) is 7.63. The normalized spacial score (nSPS) is 19.4. The van der Waals surface area contributed by atoms with Crippen LogP contribution in [0.4, 0.5) is 0 Å². The lowest BCUT2D eigenvalue weighted by molar-refractivity contribution is -0.119. The summed E-state index contributed by atoms with van der Waals surface area (Å²) >= 11 is 3.39. The van der Waals surface area contributed by atoms with Crippen molar-refractivity contribution in [2.75, 3.05) is 19.6 Å². The summed E-state index contributed by atoms with van der Waals surface area (Å²) in [6.07, 6.45) is 0.906. The van der Waals surface area contributed by atoms with Crippen molar-refractivity contribution in [3.05, 3.63) is 34.3 Å². The van der Waals surface area contributed by atoms with Gasteiger partial charge < -0.3 is 5.32 Å². The lowest BCUT2D eigenvalue weighted by Gasteiger charge is -2.15. The van der Waals surface area contributed by atoms with Crippen LogP contribution in [-0.2, 0) is 4.79 Å². The highest BCUT2D eigenvalue weighted by Gasteiger charge is 2.25.